The van der Waals surface area contributed by atoms with Gasteiger partial charge in [-0.3, -0.25) is 4.90 Å². The Bertz CT molecular complexity index is 392. The van der Waals surface area contributed by atoms with Crippen molar-refractivity contribution >= 4 is 15.9 Å². The number of nitrogens with zero attached hydrogens (tertiary/aromatic N) is 1. The molecule has 0 bridgehead atoms. The van der Waals surface area contributed by atoms with E-state index in [-0.39, 0.29) is 0 Å². The molecule has 0 amide bonds. The number of rotatable bonds is 4. The fraction of sp³-hybridized carbons (Fsp3) is 0.600. The van der Waals surface area contributed by atoms with Crippen molar-refractivity contribution in [3.63, 3.8) is 0 Å². The molecule has 1 atom stereocenters. The van der Waals surface area contributed by atoms with E-state index in [0.29, 0.717) is 5.75 Å². The van der Waals surface area contributed by atoms with Crippen LogP contribution in [0.15, 0.2) is 22.7 Å². The van der Waals surface area contributed by atoms with E-state index in [9.17, 15) is 5.11 Å². The highest BCUT2D eigenvalue weighted by Gasteiger charge is 2.21. The minimum atomic E-state index is 0.322. The maximum Gasteiger partial charge on any atom is 0.129 e. The molecule has 3 heteroatoms. The maximum atomic E-state index is 9.53. The maximum absolute atomic E-state index is 9.53. The van der Waals surface area contributed by atoms with Gasteiger partial charge in [0, 0.05) is 12.6 Å². The van der Waals surface area contributed by atoms with Gasteiger partial charge in [-0.2, -0.15) is 0 Å². The van der Waals surface area contributed by atoms with E-state index in [1.807, 2.05) is 12.1 Å². The van der Waals surface area contributed by atoms with Gasteiger partial charge >= 0.3 is 0 Å². The van der Waals surface area contributed by atoms with Crippen LogP contribution in [0.5, 0.6) is 5.75 Å². The van der Waals surface area contributed by atoms with Crippen molar-refractivity contribution < 1.29 is 5.11 Å². The molecule has 0 aliphatic carbocycles. The molecule has 1 N–H and O–H groups in total. The van der Waals surface area contributed by atoms with Crippen LogP contribution < -0.4 is 0 Å². The first-order valence-corrected chi connectivity index (χ1v) is 7.71. The Morgan fingerprint density at radius 3 is 2.94 bits per heavy atom. The summed E-state index contributed by atoms with van der Waals surface area (Å²) in [5, 5.41) is 9.53. The van der Waals surface area contributed by atoms with Crippen LogP contribution in [0.1, 0.15) is 44.6 Å². The number of phenolic OH excluding ortho intramolecular Hbond substituents is 1. The summed E-state index contributed by atoms with van der Waals surface area (Å²) >= 11 is 3.39. The van der Waals surface area contributed by atoms with Crippen molar-refractivity contribution in [3.05, 3.63) is 28.2 Å². The van der Waals surface area contributed by atoms with Crippen molar-refractivity contribution in [2.45, 2.75) is 51.6 Å². The molecule has 100 valence electrons. The van der Waals surface area contributed by atoms with Crippen molar-refractivity contribution in [2.24, 2.45) is 0 Å². The zero-order valence-corrected chi connectivity index (χ0v) is 12.6. The van der Waals surface area contributed by atoms with E-state index in [0.717, 1.165) is 17.1 Å². The number of benzene rings is 1. The highest BCUT2D eigenvalue weighted by Crippen LogP contribution is 2.27. The number of hydrogen-bond acceptors (Lipinski definition) is 2. The van der Waals surface area contributed by atoms with Crippen LogP contribution in [-0.4, -0.2) is 22.6 Å². The lowest BCUT2D eigenvalue weighted by atomic mass is 9.97. The van der Waals surface area contributed by atoms with Gasteiger partial charge in [-0.15, -0.1) is 0 Å². The van der Waals surface area contributed by atoms with Crippen molar-refractivity contribution in [1.29, 1.82) is 0 Å². The van der Waals surface area contributed by atoms with E-state index in [1.165, 1.54) is 44.2 Å². The Morgan fingerprint density at radius 1 is 1.39 bits per heavy atom. The Kier molecular flexibility index (Phi) is 5.07. The summed E-state index contributed by atoms with van der Waals surface area (Å²) in [5.41, 5.74) is 1.28. The lowest BCUT2D eigenvalue weighted by molar-refractivity contribution is 0.131. The van der Waals surface area contributed by atoms with Gasteiger partial charge in [0.15, 0.2) is 0 Å². The number of halogens is 1. The molecular formula is C15H22BrNO. The first kappa shape index (κ1) is 13.9. The molecule has 0 saturated carbocycles. The van der Waals surface area contributed by atoms with Crippen molar-refractivity contribution in [1.82, 2.24) is 4.90 Å². The van der Waals surface area contributed by atoms with E-state index < -0.39 is 0 Å². The van der Waals surface area contributed by atoms with Crippen LogP contribution in [0, 0.1) is 0 Å². The van der Waals surface area contributed by atoms with E-state index in [2.05, 4.69) is 27.8 Å². The summed E-state index contributed by atoms with van der Waals surface area (Å²) in [6.07, 6.45) is 6.60. The largest absolute Gasteiger partial charge is 0.507 e. The molecule has 1 heterocycles. The third-order valence-corrected chi connectivity index (χ3v) is 4.40. The predicted octanol–water partition coefficient (Wildman–Crippen LogP) is 4.31. The number of likely N-dealkylation sites (tertiary alicyclic amines) is 1. The number of phenols is 1. The molecule has 2 rings (SSSR count). The third kappa shape index (κ3) is 3.48. The van der Waals surface area contributed by atoms with Gasteiger partial charge in [-0.05, 0) is 59.4 Å². The SMILES string of the molecule is CCCC1CCCCN1Cc1ccc(O)c(Br)c1. The van der Waals surface area contributed by atoms with Crippen LogP contribution in [0.4, 0.5) is 0 Å². The van der Waals surface area contributed by atoms with Gasteiger partial charge in [-0.1, -0.05) is 25.8 Å². The summed E-state index contributed by atoms with van der Waals surface area (Å²) in [7, 11) is 0. The van der Waals surface area contributed by atoms with Crippen molar-refractivity contribution in [2.75, 3.05) is 6.54 Å². The minimum Gasteiger partial charge on any atom is -0.507 e. The summed E-state index contributed by atoms with van der Waals surface area (Å²) in [6, 6.07) is 6.58. The van der Waals surface area contributed by atoms with Gasteiger partial charge in [0.1, 0.15) is 5.75 Å². The molecule has 1 saturated heterocycles. The van der Waals surface area contributed by atoms with Gasteiger partial charge in [0.25, 0.3) is 0 Å². The Labute approximate surface area is 118 Å². The molecule has 1 aliphatic heterocycles. The zero-order valence-electron chi connectivity index (χ0n) is 11.0. The Morgan fingerprint density at radius 2 is 2.22 bits per heavy atom. The monoisotopic (exact) mass is 311 g/mol. The molecule has 18 heavy (non-hydrogen) atoms. The predicted molar refractivity (Wildman–Crippen MR) is 78.8 cm³/mol. The van der Waals surface area contributed by atoms with Gasteiger partial charge in [0.05, 0.1) is 4.47 Å². The highest BCUT2D eigenvalue weighted by molar-refractivity contribution is 9.10. The topological polar surface area (TPSA) is 23.5 Å². The molecule has 1 aromatic carbocycles. The van der Waals surface area contributed by atoms with Crippen LogP contribution >= 0.6 is 15.9 Å². The smallest absolute Gasteiger partial charge is 0.129 e. The summed E-state index contributed by atoms with van der Waals surface area (Å²) in [6.45, 7) is 4.48. The molecule has 0 aromatic heterocycles. The lowest BCUT2D eigenvalue weighted by Gasteiger charge is -2.35. The van der Waals surface area contributed by atoms with Crippen LogP contribution in [-0.2, 0) is 6.54 Å². The molecular weight excluding hydrogens is 290 g/mol. The molecule has 1 fully saturated rings. The zero-order chi connectivity index (χ0) is 13.0. The first-order valence-electron chi connectivity index (χ1n) is 6.92. The molecule has 1 aromatic rings. The molecule has 0 spiro atoms. The summed E-state index contributed by atoms with van der Waals surface area (Å²) < 4.78 is 0.795. The van der Waals surface area contributed by atoms with Crippen LogP contribution in [0.25, 0.3) is 0 Å². The van der Waals surface area contributed by atoms with Crippen LogP contribution in [0.2, 0.25) is 0 Å². The van der Waals surface area contributed by atoms with Gasteiger partial charge in [-0.25, -0.2) is 0 Å². The average molecular weight is 312 g/mol. The number of hydrogen-bond donors (Lipinski definition) is 1. The van der Waals surface area contributed by atoms with E-state index in [4.69, 9.17) is 0 Å². The third-order valence-electron chi connectivity index (χ3n) is 3.77. The molecule has 0 radical (unpaired) electrons. The molecule has 1 unspecified atom stereocenters. The first-order chi connectivity index (χ1) is 8.70. The standard InChI is InChI=1S/C15H22BrNO/c1-2-5-13-6-3-4-9-17(13)11-12-7-8-15(18)14(16)10-12/h7-8,10,13,18H,2-6,9,11H2,1H3. The Hall–Kier alpha value is -0.540. The number of piperidine rings is 1. The van der Waals surface area contributed by atoms with E-state index >= 15 is 0 Å². The quantitative estimate of drug-likeness (QED) is 0.895. The van der Waals surface area contributed by atoms with Gasteiger partial charge < -0.3 is 5.11 Å². The van der Waals surface area contributed by atoms with E-state index in [1.54, 1.807) is 6.07 Å². The second-order valence-corrected chi connectivity index (χ2v) is 6.05. The van der Waals surface area contributed by atoms with Crippen molar-refractivity contribution in [3.8, 4) is 5.75 Å². The Balaban J connectivity index is 2.03. The minimum absolute atomic E-state index is 0.322. The van der Waals surface area contributed by atoms with Crippen LogP contribution in [0.3, 0.4) is 0 Å². The normalized spacial score (nSPS) is 21.1. The summed E-state index contributed by atoms with van der Waals surface area (Å²) in [5.74, 6) is 0.322. The second-order valence-electron chi connectivity index (χ2n) is 5.19. The fourth-order valence-corrected chi connectivity index (χ4v) is 3.24. The lowest BCUT2D eigenvalue weighted by Crippen LogP contribution is -2.38. The fourth-order valence-electron chi connectivity index (χ4n) is 2.81. The highest BCUT2D eigenvalue weighted by atomic mass is 79.9. The summed E-state index contributed by atoms with van der Waals surface area (Å²) in [4.78, 5) is 2.60. The number of aromatic hydroxyl groups is 1. The average Bonchev–Trinajstić information content (AvgIpc) is 2.37. The van der Waals surface area contributed by atoms with Gasteiger partial charge in [0.2, 0.25) is 0 Å². The molecule has 2 nitrogen and oxygen atoms in total. The molecule has 1 aliphatic rings. The second kappa shape index (κ2) is 6.58.